The van der Waals surface area contributed by atoms with Crippen LogP contribution in [0.4, 0.5) is 4.39 Å². The molecule has 0 radical (unpaired) electrons. The molecule has 4 nitrogen and oxygen atoms in total. The van der Waals surface area contributed by atoms with Crippen LogP contribution in [-0.2, 0) is 4.79 Å². The lowest BCUT2D eigenvalue weighted by molar-refractivity contribution is -0.142. The Morgan fingerprint density at radius 2 is 2.18 bits per heavy atom. The molecule has 2 aromatic rings. The van der Waals surface area contributed by atoms with Crippen LogP contribution in [0.5, 0.6) is 0 Å². The molecule has 1 atom stereocenters. The second-order valence-corrected chi connectivity index (χ2v) is 7.58. The van der Waals surface area contributed by atoms with Gasteiger partial charge < -0.3 is 5.11 Å². The summed E-state index contributed by atoms with van der Waals surface area (Å²) in [5.74, 6) is -1.27. The number of hydrogen-bond donors (Lipinski definition) is 1. The van der Waals surface area contributed by atoms with Crippen LogP contribution in [0.15, 0.2) is 34.7 Å². The quantitative estimate of drug-likeness (QED) is 0.861. The minimum atomic E-state index is -0.721. The lowest BCUT2D eigenvalue weighted by Gasteiger charge is -2.28. The fourth-order valence-electron chi connectivity index (χ4n) is 2.38. The summed E-state index contributed by atoms with van der Waals surface area (Å²) >= 11 is 3.09. The van der Waals surface area contributed by atoms with Crippen LogP contribution >= 0.6 is 23.3 Å². The Balaban J connectivity index is 1.66. The van der Waals surface area contributed by atoms with Crippen LogP contribution in [0.25, 0.3) is 10.6 Å². The normalized spacial score (nSPS) is 19.2. The van der Waals surface area contributed by atoms with E-state index in [4.69, 9.17) is 5.11 Å². The minimum Gasteiger partial charge on any atom is -0.481 e. The van der Waals surface area contributed by atoms with Gasteiger partial charge in [0.2, 0.25) is 0 Å². The molecule has 0 aliphatic carbocycles. The molecule has 116 valence electrons. The zero-order valence-corrected chi connectivity index (χ0v) is 13.4. The third-order valence-electron chi connectivity index (χ3n) is 3.53. The number of benzene rings is 1. The fourth-order valence-corrected chi connectivity index (χ4v) is 4.57. The van der Waals surface area contributed by atoms with Gasteiger partial charge in [0.1, 0.15) is 10.8 Å². The average Bonchev–Trinajstić information content (AvgIpc) is 2.96. The maximum atomic E-state index is 12.9. The van der Waals surface area contributed by atoms with Gasteiger partial charge in [0.25, 0.3) is 0 Å². The van der Waals surface area contributed by atoms with Gasteiger partial charge in [-0.2, -0.15) is 0 Å². The van der Waals surface area contributed by atoms with E-state index in [0.717, 1.165) is 34.2 Å². The van der Waals surface area contributed by atoms with E-state index in [2.05, 4.69) is 9.29 Å². The van der Waals surface area contributed by atoms with Gasteiger partial charge in [-0.05, 0) is 49.1 Å². The highest BCUT2D eigenvalue weighted by molar-refractivity contribution is 7.99. The maximum Gasteiger partial charge on any atom is 0.307 e. The van der Waals surface area contributed by atoms with Crippen LogP contribution < -0.4 is 0 Å². The van der Waals surface area contributed by atoms with E-state index in [1.165, 1.54) is 23.5 Å². The standard InChI is InChI=1S/C15H15FN2O2S2/c16-12-5-3-10(4-6-12)14-17-8-13(21-14)22-18-7-1-2-11(9-18)15(19)20/h3-6,8,11H,1-2,7,9H2,(H,19,20). The molecule has 0 spiro atoms. The van der Waals surface area contributed by atoms with Crippen molar-refractivity contribution >= 4 is 29.3 Å². The molecule has 22 heavy (non-hydrogen) atoms. The zero-order valence-electron chi connectivity index (χ0n) is 11.7. The van der Waals surface area contributed by atoms with Gasteiger partial charge >= 0.3 is 5.97 Å². The number of aromatic nitrogens is 1. The van der Waals surface area contributed by atoms with Crippen molar-refractivity contribution in [2.24, 2.45) is 5.92 Å². The first-order valence-corrected chi connectivity index (χ1v) is 8.58. The Hall–Kier alpha value is -1.44. The van der Waals surface area contributed by atoms with Crippen molar-refractivity contribution in [2.45, 2.75) is 17.1 Å². The number of hydrogen-bond acceptors (Lipinski definition) is 5. The van der Waals surface area contributed by atoms with Crippen molar-refractivity contribution in [1.82, 2.24) is 9.29 Å². The lowest BCUT2D eigenvalue weighted by atomic mass is 10.0. The van der Waals surface area contributed by atoms with E-state index >= 15 is 0 Å². The molecule has 7 heteroatoms. The molecule has 1 aliphatic heterocycles. The first-order valence-electron chi connectivity index (χ1n) is 6.99. The molecule has 2 heterocycles. The lowest BCUT2D eigenvalue weighted by Crippen LogP contribution is -2.34. The summed E-state index contributed by atoms with van der Waals surface area (Å²) in [6.45, 7) is 1.45. The number of thiazole rings is 1. The number of nitrogens with zero attached hydrogens (tertiary/aromatic N) is 2. The number of aliphatic carboxylic acids is 1. The highest BCUT2D eigenvalue weighted by Crippen LogP contribution is 2.35. The Bertz CT molecular complexity index is 660. The summed E-state index contributed by atoms with van der Waals surface area (Å²) in [6, 6.07) is 6.27. The summed E-state index contributed by atoms with van der Waals surface area (Å²) in [4.78, 5) is 15.5. The molecule has 1 saturated heterocycles. The molecule has 1 aromatic heterocycles. The Kier molecular flexibility index (Phi) is 4.75. The summed E-state index contributed by atoms with van der Waals surface area (Å²) in [6.07, 6.45) is 3.43. The van der Waals surface area contributed by atoms with Crippen molar-refractivity contribution in [3.8, 4) is 10.6 Å². The van der Waals surface area contributed by atoms with Gasteiger partial charge in [0, 0.05) is 18.7 Å². The zero-order chi connectivity index (χ0) is 15.5. The van der Waals surface area contributed by atoms with Gasteiger partial charge in [-0.25, -0.2) is 13.7 Å². The van der Waals surface area contributed by atoms with Gasteiger partial charge in [-0.3, -0.25) is 4.79 Å². The van der Waals surface area contributed by atoms with E-state index in [0.29, 0.717) is 6.54 Å². The summed E-state index contributed by atoms with van der Waals surface area (Å²) in [7, 11) is 0. The predicted octanol–water partition coefficient (Wildman–Crippen LogP) is 3.75. The number of carbonyl (C=O) groups is 1. The Morgan fingerprint density at radius 3 is 2.91 bits per heavy atom. The van der Waals surface area contributed by atoms with Crippen molar-refractivity contribution < 1.29 is 14.3 Å². The van der Waals surface area contributed by atoms with Gasteiger partial charge in [-0.15, -0.1) is 11.3 Å². The highest BCUT2D eigenvalue weighted by atomic mass is 32.2. The molecule has 1 aliphatic rings. The van der Waals surface area contributed by atoms with E-state index in [9.17, 15) is 9.18 Å². The van der Waals surface area contributed by atoms with Crippen LogP contribution in [-0.4, -0.2) is 33.5 Å². The largest absolute Gasteiger partial charge is 0.481 e. The number of carboxylic acids is 1. The monoisotopic (exact) mass is 338 g/mol. The van der Waals surface area contributed by atoms with Crippen molar-refractivity contribution in [3.05, 3.63) is 36.3 Å². The van der Waals surface area contributed by atoms with Gasteiger partial charge in [-0.1, -0.05) is 0 Å². The fraction of sp³-hybridized carbons (Fsp3) is 0.333. The molecular weight excluding hydrogens is 323 g/mol. The van der Waals surface area contributed by atoms with E-state index < -0.39 is 5.97 Å². The molecule has 0 saturated carbocycles. The van der Waals surface area contributed by atoms with Crippen molar-refractivity contribution in [1.29, 1.82) is 0 Å². The minimum absolute atomic E-state index is 0.261. The van der Waals surface area contributed by atoms with Crippen molar-refractivity contribution in [2.75, 3.05) is 13.1 Å². The number of halogens is 1. The molecule has 1 fully saturated rings. The number of piperidine rings is 1. The van der Waals surface area contributed by atoms with Crippen LogP contribution in [0, 0.1) is 11.7 Å². The summed E-state index contributed by atoms with van der Waals surface area (Å²) in [5, 5.41) is 9.96. The molecule has 0 amide bonds. The van der Waals surface area contributed by atoms with Gasteiger partial charge in [0.05, 0.1) is 16.3 Å². The SMILES string of the molecule is O=C(O)C1CCCN(Sc2cnc(-c3ccc(F)cc3)s2)C1. The number of rotatable bonds is 4. The Morgan fingerprint density at radius 1 is 1.41 bits per heavy atom. The Labute approximate surface area is 136 Å². The topological polar surface area (TPSA) is 53.4 Å². The van der Waals surface area contributed by atoms with Crippen LogP contribution in [0.2, 0.25) is 0 Å². The van der Waals surface area contributed by atoms with E-state index in [1.54, 1.807) is 30.3 Å². The molecule has 0 bridgehead atoms. The van der Waals surface area contributed by atoms with E-state index in [-0.39, 0.29) is 11.7 Å². The third-order valence-corrected chi connectivity index (χ3v) is 5.72. The smallest absolute Gasteiger partial charge is 0.307 e. The maximum absolute atomic E-state index is 12.9. The summed E-state index contributed by atoms with van der Waals surface area (Å²) < 4.78 is 16.0. The number of carboxylic acid groups (broad SMARTS) is 1. The highest BCUT2D eigenvalue weighted by Gasteiger charge is 2.26. The second-order valence-electron chi connectivity index (χ2n) is 5.15. The van der Waals surface area contributed by atoms with Crippen LogP contribution in [0.1, 0.15) is 12.8 Å². The average molecular weight is 338 g/mol. The van der Waals surface area contributed by atoms with Crippen molar-refractivity contribution in [3.63, 3.8) is 0 Å². The van der Waals surface area contributed by atoms with E-state index in [1.807, 2.05) is 0 Å². The first-order chi connectivity index (χ1) is 10.6. The van der Waals surface area contributed by atoms with Gasteiger partial charge in [0.15, 0.2) is 0 Å². The molecule has 1 aromatic carbocycles. The molecule has 1 unspecified atom stereocenters. The first kappa shape index (κ1) is 15.5. The second kappa shape index (κ2) is 6.76. The summed E-state index contributed by atoms with van der Waals surface area (Å²) in [5.41, 5.74) is 0.889. The third kappa shape index (κ3) is 3.66. The molecular formula is C15H15FN2O2S2. The molecule has 1 N–H and O–H groups in total. The molecule has 3 rings (SSSR count). The van der Waals surface area contributed by atoms with Crippen LogP contribution in [0.3, 0.4) is 0 Å². The predicted molar refractivity (Wildman–Crippen MR) is 85.3 cm³/mol.